The van der Waals surface area contributed by atoms with Crippen molar-refractivity contribution in [2.45, 2.75) is 11.8 Å². The number of benzene rings is 1. The summed E-state index contributed by atoms with van der Waals surface area (Å²) in [6.45, 7) is 2.66. The molecule has 1 N–H and O–H groups in total. The van der Waals surface area contributed by atoms with Gasteiger partial charge in [0.1, 0.15) is 0 Å². The van der Waals surface area contributed by atoms with Crippen LogP contribution in [0, 0.1) is 5.92 Å². The van der Waals surface area contributed by atoms with Crippen LogP contribution in [0.1, 0.15) is 6.92 Å². The minimum absolute atomic E-state index is 0.0609. The fourth-order valence-corrected chi connectivity index (χ4v) is 1.92. The molecule has 1 aromatic carbocycles. The smallest absolute Gasteiger partial charge is 0.230 e. The Bertz CT molecular complexity index is 318. The molecule has 0 heterocycles. The Labute approximate surface area is 106 Å². The van der Waals surface area contributed by atoms with Crippen molar-refractivity contribution in [2.24, 2.45) is 5.92 Å². The first kappa shape index (κ1) is 13.4. The van der Waals surface area contributed by atoms with Crippen molar-refractivity contribution in [1.29, 1.82) is 0 Å². The average molecular weight is 258 g/mol. The summed E-state index contributed by atoms with van der Waals surface area (Å²) in [6.07, 6.45) is 0. The first-order chi connectivity index (χ1) is 7.72. The third kappa shape index (κ3) is 5.42. The molecule has 1 atom stereocenters. The van der Waals surface area contributed by atoms with E-state index in [1.54, 1.807) is 11.8 Å². The number of nitrogens with one attached hydrogen (secondary N) is 1. The Morgan fingerprint density at radius 2 is 2.12 bits per heavy atom. The first-order valence-corrected chi connectivity index (χ1v) is 6.75. The Morgan fingerprint density at radius 3 is 2.75 bits per heavy atom. The van der Waals surface area contributed by atoms with Gasteiger partial charge in [-0.05, 0) is 18.1 Å². The number of thioether (sulfide) groups is 1. The summed E-state index contributed by atoms with van der Waals surface area (Å²) in [6, 6.07) is 9.90. The lowest BCUT2D eigenvalue weighted by molar-refractivity contribution is -0.118. The van der Waals surface area contributed by atoms with E-state index in [-0.39, 0.29) is 5.91 Å². The molecule has 1 aromatic rings. The van der Waals surface area contributed by atoms with Crippen molar-refractivity contribution in [3.05, 3.63) is 30.3 Å². The number of halogens is 1. The van der Waals surface area contributed by atoms with Gasteiger partial charge in [-0.3, -0.25) is 4.79 Å². The van der Waals surface area contributed by atoms with Crippen molar-refractivity contribution in [1.82, 2.24) is 5.32 Å². The van der Waals surface area contributed by atoms with E-state index < -0.39 is 0 Å². The van der Waals surface area contributed by atoms with Gasteiger partial charge in [-0.25, -0.2) is 0 Å². The molecule has 4 heteroatoms. The van der Waals surface area contributed by atoms with Crippen LogP contribution in [0.2, 0.25) is 0 Å². The minimum atomic E-state index is 0.0609. The van der Waals surface area contributed by atoms with Gasteiger partial charge in [-0.2, -0.15) is 0 Å². The van der Waals surface area contributed by atoms with Gasteiger partial charge in [-0.1, -0.05) is 25.1 Å². The first-order valence-electron chi connectivity index (χ1n) is 5.23. The average Bonchev–Trinajstić information content (AvgIpc) is 2.34. The highest BCUT2D eigenvalue weighted by Gasteiger charge is 2.04. The van der Waals surface area contributed by atoms with E-state index in [2.05, 4.69) is 5.32 Å². The Morgan fingerprint density at radius 1 is 1.44 bits per heavy atom. The zero-order chi connectivity index (χ0) is 11.8. The van der Waals surface area contributed by atoms with Crippen LogP contribution < -0.4 is 5.32 Å². The number of hydrogen-bond acceptors (Lipinski definition) is 2. The number of amides is 1. The summed E-state index contributed by atoms with van der Waals surface area (Å²) in [7, 11) is 0. The summed E-state index contributed by atoms with van der Waals surface area (Å²) in [4.78, 5) is 12.6. The molecular weight excluding hydrogens is 242 g/mol. The van der Waals surface area contributed by atoms with Gasteiger partial charge in [0.25, 0.3) is 0 Å². The zero-order valence-corrected chi connectivity index (χ0v) is 10.9. The molecule has 0 radical (unpaired) electrons. The van der Waals surface area contributed by atoms with E-state index in [0.29, 0.717) is 24.1 Å². The largest absolute Gasteiger partial charge is 0.355 e. The minimum Gasteiger partial charge on any atom is -0.355 e. The Kier molecular flexibility index (Phi) is 6.34. The highest BCUT2D eigenvalue weighted by atomic mass is 35.5. The van der Waals surface area contributed by atoms with Gasteiger partial charge < -0.3 is 5.32 Å². The summed E-state index contributed by atoms with van der Waals surface area (Å²) in [5.74, 6) is 1.42. The fourth-order valence-electron chi connectivity index (χ4n) is 1.06. The van der Waals surface area contributed by atoms with Crippen LogP contribution in [0.4, 0.5) is 0 Å². The van der Waals surface area contributed by atoms with Crippen LogP contribution in [0.5, 0.6) is 0 Å². The van der Waals surface area contributed by atoms with E-state index in [1.807, 2.05) is 37.3 Å². The molecule has 1 rings (SSSR count). The molecular formula is C12H16ClNOS. The maximum absolute atomic E-state index is 11.5. The lowest BCUT2D eigenvalue weighted by Crippen LogP contribution is -2.30. The molecule has 0 aromatic heterocycles. The number of alkyl halides is 1. The SMILES string of the molecule is CC(CCl)CNC(=O)CSc1ccccc1. The topological polar surface area (TPSA) is 29.1 Å². The second-order valence-corrected chi connectivity index (χ2v) is 5.02. The highest BCUT2D eigenvalue weighted by Crippen LogP contribution is 2.16. The predicted molar refractivity (Wildman–Crippen MR) is 70.1 cm³/mol. The fraction of sp³-hybridized carbons (Fsp3) is 0.417. The van der Waals surface area contributed by atoms with Gasteiger partial charge in [0.2, 0.25) is 5.91 Å². The maximum atomic E-state index is 11.5. The third-order valence-corrected chi connectivity index (χ3v) is 3.56. The van der Waals surface area contributed by atoms with E-state index >= 15 is 0 Å². The molecule has 16 heavy (non-hydrogen) atoms. The van der Waals surface area contributed by atoms with Crippen LogP contribution in [0.3, 0.4) is 0 Å². The normalized spacial score (nSPS) is 12.1. The van der Waals surface area contributed by atoms with Gasteiger partial charge in [0, 0.05) is 17.3 Å². The quantitative estimate of drug-likeness (QED) is 0.627. The van der Waals surface area contributed by atoms with Gasteiger partial charge >= 0.3 is 0 Å². The predicted octanol–water partition coefficient (Wildman–Crippen LogP) is 2.77. The van der Waals surface area contributed by atoms with Crippen molar-refractivity contribution in [2.75, 3.05) is 18.2 Å². The Balaban J connectivity index is 2.20. The van der Waals surface area contributed by atoms with E-state index in [1.165, 1.54) is 0 Å². The molecule has 0 aliphatic heterocycles. The Hall–Kier alpha value is -0.670. The summed E-state index contributed by atoms with van der Waals surface area (Å²) >= 11 is 7.19. The standard InChI is InChI=1S/C12H16ClNOS/c1-10(7-13)8-14-12(15)9-16-11-5-3-2-4-6-11/h2-6,10H,7-9H2,1H3,(H,14,15). The molecule has 0 spiro atoms. The van der Waals surface area contributed by atoms with Gasteiger partial charge in [-0.15, -0.1) is 23.4 Å². The number of rotatable bonds is 6. The van der Waals surface area contributed by atoms with Gasteiger partial charge in [0.05, 0.1) is 5.75 Å². The molecule has 0 bridgehead atoms. The molecule has 0 fully saturated rings. The number of carbonyl (C=O) groups excluding carboxylic acids is 1. The van der Waals surface area contributed by atoms with E-state index in [4.69, 9.17) is 11.6 Å². The molecule has 1 unspecified atom stereocenters. The van der Waals surface area contributed by atoms with Crippen LogP contribution in [-0.2, 0) is 4.79 Å². The molecule has 0 saturated heterocycles. The van der Waals surface area contributed by atoms with Crippen LogP contribution in [0.25, 0.3) is 0 Å². The molecule has 0 saturated carbocycles. The lowest BCUT2D eigenvalue weighted by atomic mass is 10.2. The zero-order valence-electron chi connectivity index (χ0n) is 9.28. The number of hydrogen-bond donors (Lipinski definition) is 1. The highest BCUT2D eigenvalue weighted by molar-refractivity contribution is 8.00. The summed E-state index contributed by atoms with van der Waals surface area (Å²) < 4.78 is 0. The van der Waals surface area contributed by atoms with Crippen molar-refractivity contribution in [3.8, 4) is 0 Å². The molecule has 2 nitrogen and oxygen atoms in total. The second-order valence-electron chi connectivity index (χ2n) is 3.67. The van der Waals surface area contributed by atoms with E-state index in [9.17, 15) is 4.79 Å². The summed E-state index contributed by atoms with van der Waals surface area (Å²) in [5.41, 5.74) is 0. The van der Waals surface area contributed by atoms with Crippen LogP contribution in [0.15, 0.2) is 35.2 Å². The van der Waals surface area contributed by atoms with Crippen LogP contribution in [-0.4, -0.2) is 24.1 Å². The molecule has 0 aliphatic carbocycles. The maximum Gasteiger partial charge on any atom is 0.230 e. The second kappa shape index (κ2) is 7.58. The van der Waals surface area contributed by atoms with Crippen molar-refractivity contribution < 1.29 is 4.79 Å². The third-order valence-electron chi connectivity index (χ3n) is 2.02. The molecule has 0 aliphatic rings. The molecule has 88 valence electrons. The summed E-state index contributed by atoms with van der Waals surface area (Å²) in [5, 5.41) is 2.86. The monoisotopic (exact) mass is 257 g/mol. The number of carbonyl (C=O) groups is 1. The van der Waals surface area contributed by atoms with Crippen molar-refractivity contribution in [3.63, 3.8) is 0 Å². The lowest BCUT2D eigenvalue weighted by Gasteiger charge is -2.08. The van der Waals surface area contributed by atoms with Crippen molar-refractivity contribution >= 4 is 29.3 Å². The van der Waals surface area contributed by atoms with Gasteiger partial charge in [0.15, 0.2) is 0 Å². The molecule has 1 amide bonds. The van der Waals surface area contributed by atoms with Crippen LogP contribution >= 0.6 is 23.4 Å². The van der Waals surface area contributed by atoms with E-state index in [0.717, 1.165) is 4.90 Å².